The number of halogens is 1. The first-order valence-electron chi connectivity index (χ1n) is 10.9. The van der Waals surface area contributed by atoms with Gasteiger partial charge in [-0.05, 0) is 54.2 Å². The second kappa shape index (κ2) is 8.47. The maximum Gasteiger partial charge on any atom is 0.255 e. The van der Waals surface area contributed by atoms with E-state index in [9.17, 15) is 17.6 Å². The van der Waals surface area contributed by atoms with Gasteiger partial charge in [-0.1, -0.05) is 39.0 Å². The van der Waals surface area contributed by atoms with Crippen LogP contribution in [0.5, 0.6) is 0 Å². The number of amides is 1. The second-order valence-corrected chi connectivity index (χ2v) is 12.8. The summed E-state index contributed by atoms with van der Waals surface area (Å²) in [6, 6.07) is 12.9. The Bertz CT molecular complexity index is 1100. The number of piperidine rings is 1. The number of thioether (sulfide) groups is 1. The summed E-state index contributed by atoms with van der Waals surface area (Å²) in [6.07, 6.45) is 1.11. The van der Waals surface area contributed by atoms with Crippen LogP contribution < -0.4 is 0 Å². The summed E-state index contributed by atoms with van der Waals surface area (Å²) in [5.74, 6) is 0.168. The van der Waals surface area contributed by atoms with E-state index in [4.69, 9.17) is 0 Å². The van der Waals surface area contributed by atoms with E-state index in [-0.39, 0.29) is 11.3 Å². The van der Waals surface area contributed by atoms with E-state index >= 15 is 0 Å². The molecule has 8 heteroatoms. The molecule has 0 aliphatic carbocycles. The van der Waals surface area contributed by atoms with Crippen molar-refractivity contribution in [3.63, 3.8) is 0 Å². The summed E-state index contributed by atoms with van der Waals surface area (Å²) in [4.78, 5) is 14.8. The Morgan fingerprint density at radius 3 is 2.28 bits per heavy atom. The van der Waals surface area contributed by atoms with Crippen LogP contribution in [-0.2, 0) is 15.4 Å². The number of nitrogens with zero attached hydrogens (tertiary/aromatic N) is 2. The lowest BCUT2D eigenvalue weighted by Crippen LogP contribution is -2.53. The molecule has 2 fully saturated rings. The number of hydrogen-bond donors (Lipinski definition) is 0. The predicted octanol–water partition coefficient (Wildman–Crippen LogP) is 4.49. The zero-order valence-electron chi connectivity index (χ0n) is 18.7. The molecule has 0 bridgehead atoms. The van der Waals surface area contributed by atoms with Gasteiger partial charge < -0.3 is 4.90 Å². The maximum atomic E-state index is 13.6. The molecule has 2 aromatic rings. The van der Waals surface area contributed by atoms with Crippen LogP contribution in [0.25, 0.3) is 0 Å². The van der Waals surface area contributed by atoms with Gasteiger partial charge in [0.1, 0.15) is 5.82 Å². The Labute approximate surface area is 194 Å². The third kappa shape index (κ3) is 4.32. The highest BCUT2D eigenvalue weighted by atomic mass is 32.2. The van der Waals surface area contributed by atoms with Crippen molar-refractivity contribution in [1.29, 1.82) is 0 Å². The minimum Gasteiger partial charge on any atom is -0.323 e. The van der Waals surface area contributed by atoms with Crippen LogP contribution in [-0.4, -0.2) is 53.8 Å². The lowest BCUT2D eigenvalue weighted by atomic mass is 9.87. The molecule has 0 N–H and O–H groups in total. The third-order valence-electron chi connectivity index (χ3n) is 6.36. The topological polar surface area (TPSA) is 57.7 Å². The number of carbonyl (C=O) groups excluding carboxylic acids is 1. The fourth-order valence-corrected chi connectivity index (χ4v) is 7.34. The van der Waals surface area contributed by atoms with Gasteiger partial charge in [0.25, 0.3) is 5.91 Å². The van der Waals surface area contributed by atoms with Gasteiger partial charge in [-0.15, -0.1) is 11.8 Å². The Hall–Kier alpha value is -1.90. The Morgan fingerprint density at radius 2 is 1.69 bits per heavy atom. The standard InChI is InChI=1S/C24H29FN2O3S2/c1-23(2,3)19-7-9-21(10-8-19)32(29,30)26-13-11-24(12-14-26)27(15-16-31-24)22(28)18-5-4-6-20(25)17-18/h4-10,17H,11-16H2,1-3H3. The van der Waals surface area contributed by atoms with Gasteiger partial charge in [-0.3, -0.25) is 4.79 Å². The SMILES string of the molecule is CC(C)(C)c1ccc(S(=O)(=O)N2CCC3(CC2)SCCN3C(=O)c2cccc(F)c2)cc1. The van der Waals surface area contributed by atoms with Crippen molar-refractivity contribution in [3.8, 4) is 0 Å². The lowest BCUT2D eigenvalue weighted by molar-refractivity contribution is 0.0604. The fraction of sp³-hybridized carbons (Fsp3) is 0.458. The van der Waals surface area contributed by atoms with Crippen molar-refractivity contribution >= 4 is 27.7 Å². The molecule has 172 valence electrons. The highest BCUT2D eigenvalue weighted by Crippen LogP contribution is 2.45. The predicted molar refractivity (Wildman–Crippen MR) is 126 cm³/mol. The molecule has 0 saturated carbocycles. The smallest absolute Gasteiger partial charge is 0.255 e. The molecule has 32 heavy (non-hydrogen) atoms. The number of rotatable bonds is 3. The largest absolute Gasteiger partial charge is 0.323 e. The highest BCUT2D eigenvalue weighted by molar-refractivity contribution is 8.00. The minimum atomic E-state index is -3.59. The van der Waals surface area contributed by atoms with Gasteiger partial charge in [-0.25, -0.2) is 12.8 Å². The van der Waals surface area contributed by atoms with Crippen molar-refractivity contribution < 1.29 is 17.6 Å². The molecular formula is C24H29FN2O3S2. The fourth-order valence-electron chi connectivity index (χ4n) is 4.44. The van der Waals surface area contributed by atoms with Gasteiger partial charge in [0, 0.05) is 31.0 Å². The van der Waals surface area contributed by atoms with E-state index in [1.54, 1.807) is 36.0 Å². The van der Waals surface area contributed by atoms with E-state index in [0.29, 0.717) is 42.9 Å². The molecule has 2 heterocycles. The molecular weight excluding hydrogens is 447 g/mol. The van der Waals surface area contributed by atoms with Crippen LogP contribution in [0.1, 0.15) is 49.5 Å². The van der Waals surface area contributed by atoms with E-state index in [1.807, 2.05) is 17.0 Å². The molecule has 5 nitrogen and oxygen atoms in total. The second-order valence-electron chi connectivity index (χ2n) is 9.44. The number of sulfonamides is 1. The van der Waals surface area contributed by atoms with Crippen molar-refractivity contribution in [1.82, 2.24) is 9.21 Å². The minimum absolute atomic E-state index is 0.0445. The molecule has 2 aromatic carbocycles. The first kappa shape index (κ1) is 23.3. The van der Waals surface area contributed by atoms with E-state index < -0.39 is 20.7 Å². The Balaban J connectivity index is 1.49. The molecule has 0 radical (unpaired) electrons. The Morgan fingerprint density at radius 1 is 1.03 bits per heavy atom. The molecule has 2 aliphatic heterocycles. The monoisotopic (exact) mass is 476 g/mol. The van der Waals surface area contributed by atoms with Crippen LogP contribution in [0.4, 0.5) is 4.39 Å². The van der Waals surface area contributed by atoms with Crippen molar-refractivity contribution in [2.24, 2.45) is 0 Å². The summed E-state index contributed by atoms with van der Waals surface area (Å²) < 4.78 is 41.6. The average molecular weight is 477 g/mol. The molecule has 0 unspecified atom stereocenters. The van der Waals surface area contributed by atoms with Crippen molar-refractivity contribution in [3.05, 3.63) is 65.5 Å². The zero-order valence-corrected chi connectivity index (χ0v) is 20.3. The average Bonchev–Trinajstić information content (AvgIpc) is 3.15. The van der Waals surface area contributed by atoms with Crippen LogP contribution in [0, 0.1) is 5.82 Å². The Kier molecular flexibility index (Phi) is 6.15. The van der Waals surface area contributed by atoms with E-state index in [1.165, 1.54) is 16.4 Å². The molecule has 2 saturated heterocycles. The number of benzene rings is 2. The molecule has 1 spiro atoms. The number of carbonyl (C=O) groups is 1. The third-order valence-corrected chi connectivity index (χ3v) is 9.82. The first-order valence-corrected chi connectivity index (χ1v) is 13.3. The van der Waals surface area contributed by atoms with Gasteiger partial charge in [0.05, 0.1) is 9.77 Å². The quantitative estimate of drug-likeness (QED) is 0.655. The van der Waals surface area contributed by atoms with Crippen molar-refractivity contribution in [2.45, 2.75) is 48.8 Å². The maximum absolute atomic E-state index is 13.6. The summed E-state index contributed by atoms with van der Waals surface area (Å²) in [7, 11) is -3.59. The van der Waals surface area contributed by atoms with E-state index in [0.717, 1.165) is 11.3 Å². The highest BCUT2D eigenvalue weighted by Gasteiger charge is 2.48. The zero-order chi connectivity index (χ0) is 23.1. The van der Waals surface area contributed by atoms with Crippen LogP contribution in [0.15, 0.2) is 53.4 Å². The molecule has 2 aliphatic rings. The van der Waals surface area contributed by atoms with Gasteiger partial charge in [0.15, 0.2) is 0 Å². The molecule has 0 aromatic heterocycles. The lowest BCUT2D eigenvalue weighted by Gasteiger charge is -2.43. The van der Waals surface area contributed by atoms with Crippen LogP contribution in [0.2, 0.25) is 0 Å². The summed E-state index contributed by atoms with van der Waals surface area (Å²) in [6.45, 7) is 7.57. The van der Waals surface area contributed by atoms with Gasteiger partial charge in [0.2, 0.25) is 10.0 Å². The normalized spacial score (nSPS) is 19.4. The van der Waals surface area contributed by atoms with Gasteiger partial charge >= 0.3 is 0 Å². The van der Waals surface area contributed by atoms with Crippen LogP contribution in [0.3, 0.4) is 0 Å². The summed E-state index contributed by atoms with van der Waals surface area (Å²) >= 11 is 1.70. The van der Waals surface area contributed by atoms with Gasteiger partial charge in [-0.2, -0.15) is 4.31 Å². The van der Waals surface area contributed by atoms with E-state index in [2.05, 4.69) is 20.8 Å². The molecule has 0 atom stereocenters. The van der Waals surface area contributed by atoms with Crippen LogP contribution >= 0.6 is 11.8 Å². The number of hydrogen-bond acceptors (Lipinski definition) is 4. The first-order chi connectivity index (χ1) is 15.0. The van der Waals surface area contributed by atoms with Crippen molar-refractivity contribution in [2.75, 3.05) is 25.4 Å². The summed E-state index contributed by atoms with van der Waals surface area (Å²) in [5, 5.41) is 0. The molecule has 4 rings (SSSR count). The molecule has 1 amide bonds. The summed E-state index contributed by atoms with van der Waals surface area (Å²) in [5.41, 5.74) is 1.38.